The number of anilines is 1. The van der Waals surface area contributed by atoms with Crippen LogP contribution in [0, 0.1) is 5.41 Å². The van der Waals surface area contributed by atoms with E-state index in [4.69, 9.17) is 15.9 Å². The number of nitrogens with two attached hydrogens (primary N) is 1. The topological polar surface area (TPSA) is 111 Å². The minimum atomic E-state index is -1.25. The molecule has 0 aliphatic rings. The number of carboxylic acid groups (broad SMARTS) is 1. The van der Waals surface area contributed by atoms with Gasteiger partial charge in [0.25, 0.3) is 0 Å². The molecule has 4 N–H and O–H groups in total. The van der Waals surface area contributed by atoms with Gasteiger partial charge in [-0.3, -0.25) is 5.41 Å². The van der Waals surface area contributed by atoms with Crippen molar-refractivity contribution in [1.82, 2.24) is 0 Å². The van der Waals surface area contributed by atoms with Crippen LogP contribution in [-0.4, -0.2) is 11.8 Å². The van der Waals surface area contributed by atoms with Gasteiger partial charge in [-0.2, -0.15) is 0 Å². The van der Waals surface area contributed by atoms with E-state index in [1.165, 1.54) is 0 Å². The molecule has 0 fully saturated rings. The lowest BCUT2D eigenvalue weighted by molar-refractivity contribution is -0.307. The van der Waals surface area contributed by atoms with Gasteiger partial charge in [-0.05, 0) is 66.1 Å². The van der Waals surface area contributed by atoms with Gasteiger partial charge in [-0.25, -0.2) is 0 Å². The fourth-order valence-electron chi connectivity index (χ4n) is 2.93. The normalized spacial score (nSPS) is 11.1. The van der Waals surface area contributed by atoms with Crippen LogP contribution in [0.5, 0.6) is 11.5 Å². The minimum absolute atomic E-state index is 0. The monoisotopic (exact) mass is 424 g/mol. The van der Waals surface area contributed by atoms with Gasteiger partial charge in [0.1, 0.15) is 17.3 Å². The third kappa shape index (κ3) is 5.75. The molecule has 0 radical (unpaired) electrons. The molecule has 0 spiro atoms. The van der Waals surface area contributed by atoms with Gasteiger partial charge in [0, 0.05) is 11.3 Å². The molecule has 7 heteroatoms. The Balaban J connectivity index is 0.00000320. The molecule has 0 aliphatic heterocycles. The highest BCUT2D eigenvalue weighted by atomic mass is 35.5. The molecule has 6 nitrogen and oxygen atoms in total. The zero-order valence-corrected chi connectivity index (χ0v) is 17.2. The lowest BCUT2D eigenvalue weighted by atomic mass is 10.0. The average Bonchev–Trinajstić information content (AvgIpc) is 2.72. The van der Waals surface area contributed by atoms with Crippen LogP contribution in [0.2, 0.25) is 0 Å². The number of ether oxygens (including phenoxy) is 1. The van der Waals surface area contributed by atoms with E-state index in [0.29, 0.717) is 28.3 Å². The summed E-state index contributed by atoms with van der Waals surface area (Å²) in [6.45, 7) is 1.99. The van der Waals surface area contributed by atoms with E-state index in [9.17, 15) is 9.90 Å². The van der Waals surface area contributed by atoms with Crippen molar-refractivity contribution in [3.05, 3.63) is 89.5 Å². The van der Waals surface area contributed by atoms with Gasteiger partial charge < -0.3 is 25.7 Å². The molecule has 3 rings (SSSR count). The predicted octanol–water partition coefficient (Wildman–Crippen LogP) is 3.65. The molecule has 3 aromatic carbocycles. The molecule has 30 heavy (non-hydrogen) atoms. The highest BCUT2D eigenvalue weighted by molar-refractivity contribution is 5.95. The molecule has 3 aromatic rings. The first-order chi connectivity index (χ1) is 14.0. The van der Waals surface area contributed by atoms with Crippen LogP contribution in [0.25, 0.3) is 0 Å². The number of para-hydroxylation sites is 1. The first-order valence-corrected chi connectivity index (χ1v) is 9.25. The van der Waals surface area contributed by atoms with Crippen molar-refractivity contribution in [1.29, 1.82) is 5.41 Å². The molecule has 0 aliphatic carbocycles. The van der Waals surface area contributed by atoms with Crippen molar-refractivity contribution in [3.8, 4) is 11.5 Å². The largest absolute Gasteiger partial charge is 0.548 e. The second-order valence-electron chi connectivity index (χ2n) is 6.57. The maximum atomic E-state index is 11.9. The maximum Gasteiger partial charge on any atom is 0.128 e. The molecule has 156 valence electrons. The predicted molar refractivity (Wildman–Crippen MR) is 118 cm³/mol. The van der Waals surface area contributed by atoms with Gasteiger partial charge in [0.15, 0.2) is 0 Å². The summed E-state index contributed by atoms with van der Waals surface area (Å²) < 4.78 is 5.91. The number of carbonyl (C=O) groups excluding carboxylic acids is 1. The molecule has 1 unspecified atom stereocenters. The van der Waals surface area contributed by atoms with E-state index in [0.717, 1.165) is 12.0 Å². The Morgan fingerprint density at radius 3 is 2.30 bits per heavy atom. The Morgan fingerprint density at radius 2 is 1.73 bits per heavy atom. The summed E-state index contributed by atoms with van der Waals surface area (Å²) in [5.74, 6) is -0.0686. The lowest BCUT2D eigenvalue weighted by Gasteiger charge is -2.23. The summed E-state index contributed by atoms with van der Waals surface area (Å²) in [5, 5.41) is 22.3. The van der Waals surface area contributed by atoms with Gasteiger partial charge in [0.05, 0.1) is 12.0 Å². The molecule has 0 saturated heterocycles. The molecule has 0 saturated carbocycles. The van der Waals surface area contributed by atoms with Crippen molar-refractivity contribution < 1.29 is 14.6 Å². The first kappa shape index (κ1) is 22.8. The standard InChI is InChI=1S/C23H23N3O3.ClH/c1-2-15-12-17(14-20(13-15)29-19-6-4-3-5-7-19)21(23(27)28)26-18-10-8-16(9-11-18)22(24)25;/h3-14,21,26H,2H2,1H3,(H3,24,25)(H,27,28);1H/p-1. The van der Waals surface area contributed by atoms with E-state index in [1.54, 1.807) is 30.3 Å². The van der Waals surface area contributed by atoms with Crippen molar-refractivity contribution in [2.75, 3.05) is 5.32 Å². The highest BCUT2D eigenvalue weighted by Crippen LogP contribution is 2.28. The number of nitrogens with one attached hydrogen (secondary N) is 2. The molecule has 0 aromatic heterocycles. The fourth-order valence-corrected chi connectivity index (χ4v) is 2.93. The Hall–Kier alpha value is -3.51. The van der Waals surface area contributed by atoms with E-state index >= 15 is 0 Å². The molecule has 0 bridgehead atoms. The van der Waals surface area contributed by atoms with Crippen LogP contribution in [0.15, 0.2) is 72.8 Å². The Bertz CT molecular complexity index is 1010. The number of carboxylic acids is 1. The third-order valence-electron chi connectivity index (χ3n) is 4.45. The number of aryl methyl sites for hydroxylation is 1. The number of carbonyl (C=O) groups is 1. The van der Waals surface area contributed by atoms with Crippen LogP contribution < -0.4 is 20.9 Å². The van der Waals surface area contributed by atoms with Crippen molar-refractivity contribution in [3.63, 3.8) is 0 Å². The Labute approximate surface area is 181 Å². The second-order valence-corrected chi connectivity index (χ2v) is 6.57. The number of nitrogen functional groups attached to an aromatic ring is 1. The number of halogens is 1. The summed E-state index contributed by atoms with van der Waals surface area (Å²) >= 11 is 0. The highest BCUT2D eigenvalue weighted by Gasteiger charge is 2.15. The molecule has 0 amide bonds. The van der Waals surface area contributed by atoms with Gasteiger partial charge >= 0.3 is 0 Å². The van der Waals surface area contributed by atoms with Crippen molar-refractivity contribution in [2.45, 2.75) is 19.4 Å². The average molecular weight is 425 g/mol. The third-order valence-corrected chi connectivity index (χ3v) is 4.45. The summed E-state index contributed by atoms with van der Waals surface area (Å²) in [6.07, 6.45) is 0.728. The lowest BCUT2D eigenvalue weighted by Crippen LogP contribution is -2.34. The summed E-state index contributed by atoms with van der Waals surface area (Å²) in [6, 6.07) is 20.3. The number of rotatable bonds is 8. The molecular formula is C23H23ClN3O3-. The van der Waals surface area contributed by atoms with Gasteiger partial charge in [0.2, 0.25) is 0 Å². The van der Waals surface area contributed by atoms with Crippen LogP contribution in [0.1, 0.15) is 29.7 Å². The fraction of sp³-hybridized carbons (Fsp3) is 0.130. The number of amidine groups is 1. The molecule has 0 heterocycles. The zero-order valence-electron chi connectivity index (χ0n) is 16.4. The van der Waals surface area contributed by atoms with E-state index in [2.05, 4.69) is 5.32 Å². The van der Waals surface area contributed by atoms with E-state index < -0.39 is 12.0 Å². The second kappa shape index (κ2) is 10.3. The Kier molecular flexibility index (Phi) is 7.83. The Morgan fingerprint density at radius 1 is 1.07 bits per heavy atom. The summed E-state index contributed by atoms with van der Waals surface area (Å²) in [5.41, 5.74) is 8.09. The number of hydrogen-bond donors (Lipinski definition) is 3. The smallest absolute Gasteiger partial charge is 0.128 e. The quantitative estimate of drug-likeness (QED) is 0.377. The van der Waals surface area contributed by atoms with Crippen LogP contribution in [-0.2, 0) is 11.2 Å². The van der Waals surface area contributed by atoms with E-state index in [-0.39, 0.29) is 18.2 Å². The zero-order chi connectivity index (χ0) is 20.8. The first-order valence-electron chi connectivity index (χ1n) is 9.25. The van der Waals surface area contributed by atoms with E-state index in [1.807, 2.05) is 49.4 Å². The van der Waals surface area contributed by atoms with Gasteiger partial charge in [-0.1, -0.05) is 31.2 Å². The van der Waals surface area contributed by atoms with Crippen molar-refractivity contribution >= 4 is 29.9 Å². The SMILES string of the molecule is CCc1cc(Oc2ccccc2)cc(C(Nc2ccc(C(=N)N)cc2)C(=O)[O-])c1.Cl. The van der Waals surface area contributed by atoms with Crippen molar-refractivity contribution in [2.24, 2.45) is 5.73 Å². The number of benzene rings is 3. The maximum absolute atomic E-state index is 11.9. The summed E-state index contributed by atoms with van der Waals surface area (Å²) in [4.78, 5) is 11.9. The molecular weight excluding hydrogens is 402 g/mol. The molecule has 1 atom stereocenters. The minimum Gasteiger partial charge on any atom is -0.548 e. The van der Waals surface area contributed by atoms with Gasteiger partial charge in [-0.15, -0.1) is 12.4 Å². The van der Waals surface area contributed by atoms with Crippen LogP contribution in [0.4, 0.5) is 5.69 Å². The van der Waals surface area contributed by atoms with Crippen LogP contribution >= 0.6 is 12.4 Å². The summed E-state index contributed by atoms with van der Waals surface area (Å²) in [7, 11) is 0. The van der Waals surface area contributed by atoms with Crippen LogP contribution in [0.3, 0.4) is 0 Å². The number of aliphatic carboxylic acids is 1. The number of hydrogen-bond acceptors (Lipinski definition) is 5.